The molecule has 0 saturated heterocycles. The third-order valence-electron chi connectivity index (χ3n) is 1.72. The zero-order chi connectivity index (χ0) is 9.84. The van der Waals surface area contributed by atoms with E-state index in [2.05, 4.69) is 22.5 Å². The fourth-order valence-electron chi connectivity index (χ4n) is 1.01. The van der Waals surface area contributed by atoms with Crippen LogP contribution < -0.4 is 0 Å². The summed E-state index contributed by atoms with van der Waals surface area (Å²) in [4.78, 5) is 0. The van der Waals surface area contributed by atoms with Crippen LogP contribution in [0, 0.1) is 0 Å². The predicted octanol–water partition coefficient (Wildman–Crippen LogP) is 3.71. The van der Waals surface area contributed by atoms with Crippen molar-refractivity contribution in [3.05, 3.63) is 45.9 Å². The van der Waals surface area contributed by atoms with E-state index in [9.17, 15) is 5.11 Å². The highest BCUT2D eigenvalue weighted by Crippen LogP contribution is 2.27. The Morgan fingerprint density at radius 3 is 2.85 bits per heavy atom. The molecule has 0 saturated carbocycles. The molecule has 0 aromatic heterocycles. The van der Waals surface area contributed by atoms with E-state index in [1.54, 1.807) is 18.2 Å². The standard InChI is InChI=1S/C10H10BrClO/c1-2-3-10(13)7-4-5-9(12)8(11)6-7/h2,4-6,10,13H,1,3H2. The first-order valence-electron chi connectivity index (χ1n) is 3.89. The summed E-state index contributed by atoms with van der Waals surface area (Å²) in [6.45, 7) is 3.57. The quantitative estimate of drug-likeness (QED) is 0.822. The summed E-state index contributed by atoms with van der Waals surface area (Å²) in [7, 11) is 0. The summed E-state index contributed by atoms with van der Waals surface area (Å²) in [6, 6.07) is 5.38. The van der Waals surface area contributed by atoms with Gasteiger partial charge < -0.3 is 5.11 Å². The Balaban J connectivity index is 2.89. The highest BCUT2D eigenvalue weighted by atomic mass is 79.9. The summed E-state index contributed by atoms with van der Waals surface area (Å²) in [6.07, 6.45) is 1.74. The number of aliphatic hydroxyl groups is 1. The molecule has 3 heteroatoms. The molecule has 1 unspecified atom stereocenters. The van der Waals surface area contributed by atoms with Gasteiger partial charge >= 0.3 is 0 Å². The highest BCUT2D eigenvalue weighted by molar-refractivity contribution is 9.10. The molecule has 0 spiro atoms. The largest absolute Gasteiger partial charge is 0.388 e. The maximum atomic E-state index is 9.60. The third kappa shape index (κ3) is 2.83. The van der Waals surface area contributed by atoms with Crippen LogP contribution in [0.3, 0.4) is 0 Å². The van der Waals surface area contributed by atoms with E-state index in [1.165, 1.54) is 0 Å². The molecule has 0 radical (unpaired) electrons. The van der Waals surface area contributed by atoms with Crippen molar-refractivity contribution < 1.29 is 5.11 Å². The number of hydrogen-bond donors (Lipinski definition) is 1. The normalized spacial score (nSPS) is 12.5. The van der Waals surface area contributed by atoms with Gasteiger partial charge in [-0.15, -0.1) is 6.58 Å². The van der Waals surface area contributed by atoms with Crippen molar-refractivity contribution in [3.8, 4) is 0 Å². The SMILES string of the molecule is C=CCC(O)c1ccc(Cl)c(Br)c1. The van der Waals surface area contributed by atoms with Gasteiger partial charge in [-0.2, -0.15) is 0 Å². The third-order valence-corrected chi connectivity index (χ3v) is 2.93. The molecular weight excluding hydrogens is 251 g/mol. The second-order valence-corrected chi connectivity index (χ2v) is 3.98. The smallest absolute Gasteiger partial charge is 0.0824 e. The second kappa shape index (κ2) is 4.80. The lowest BCUT2D eigenvalue weighted by molar-refractivity contribution is 0.181. The molecule has 1 N–H and O–H groups in total. The molecule has 0 heterocycles. The molecular formula is C10H10BrClO. The van der Waals surface area contributed by atoms with Gasteiger partial charge in [0.2, 0.25) is 0 Å². The molecule has 13 heavy (non-hydrogen) atoms. The Kier molecular flexibility index (Phi) is 3.97. The van der Waals surface area contributed by atoms with Gasteiger partial charge in [-0.1, -0.05) is 23.7 Å². The molecule has 0 aliphatic rings. The predicted molar refractivity (Wildman–Crippen MR) is 58.9 cm³/mol. The molecule has 70 valence electrons. The molecule has 0 aliphatic carbocycles. The van der Waals surface area contributed by atoms with Crippen molar-refractivity contribution in [1.29, 1.82) is 0 Å². The molecule has 1 rings (SSSR count). The van der Waals surface area contributed by atoms with Crippen molar-refractivity contribution in [3.63, 3.8) is 0 Å². The van der Waals surface area contributed by atoms with Crippen LogP contribution in [0.2, 0.25) is 5.02 Å². The molecule has 0 fully saturated rings. The molecule has 1 aromatic carbocycles. The van der Waals surface area contributed by atoms with Crippen LogP contribution in [-0.4, -0.2) is 5.11 Å². The molecule has 0 aliphatic heterocycles. The summed E-state index contributed by atoms with van der Waals surface area (Å²) >= 11 is 9.11. The maximum Gasteiger partial charge on any atom is 0.0824 e. The molecule has 0 amide bonds. The maximum absolute atomic E-state index is 9.60. The first kappa shape index (κ1) is 10.8. The lowest BCUT2D eigenvalue weighted by Gasteiger charge is -2.08. The Morgan fingerprint density at radius 1 is 1.62 bits per heavy atom. The van der Waals surface area contributed by atoms with Crippen molar-refractivity contribution in [2.75, 3.05) is 0 Å². The number of benzene rings is 1. The van der Waals surface area contributed by atoms with E-state index in [0.29, 0.717) is 11.4 Å². The van der Waals surface area contributed by atoms with Crippen LogP contribution in [0.5, 0.6) is 0 Å². The van der Waals surface area contributed by atoms with Gasteiger partial charge in [0.15, 0.2) is 0 Å². The molecule has 0 bridgehead atoms. The minimum Gasteiger partial charge on any atom is -0.388 e. The zero-order valence-electron chi connectivity index (χ0n) is 7.00. The van der Waals surface area contributed by atoms with E-state index in [-0.39, 0.29) is 0 Å². The summed E-state index contributed by atoms with van der Waals surface area (Å²) in [5, 5.41) is 10.2. The minimum absolute atomic E-state index is 0.494. The topological polar surface area (TPSA) is 20.2 Å². The lowest BCUT2D eigenvalue weighted by atomic mass is 10.1. The average Bonchev–Trinajstić information content (AvgIpc) is 2.10. The number of rotatable bonds is 3. The van der Waals surface area contributed by atoms with Crippen LogP contribution in [0.1, 0.15) is 18.1 Å². The second-order valence-electron chi connectivity index (χ2n) is 2.71. The molecule has 1 nitrogen and oxygen atoms in total. The number of aliphatic hydroxyl groups excluding tert-OH is 1. The minimum atomic E-state index is -0.494. The van der Waals surface area contributed by atoms with Crippen LogP contribution in [0.4, 0.5) is 0 Å². The van der Waals surface area contributed by atoms with Gasteiger partial charge in [-0.05, 0) is 40.0 Å². The van der Waals surface area contributed by atoms with Gasteiger partial charge in [0, 0.05) is 4.47 Å². The first-order chi connectivity index (χ1) is 6.15. The lowest BCUT2D eigenvalue weighted by Crippen LogP contribution is -1.95. The van der Waals surface area contributed by atoms with E-state index < -0.39 is 6.10 Å². The fourth-order valence-corrected chi connectivity index (χ4v) is 1.53. The number of halogens is 2. The zero-order valence-corrected chi connectivity index (χ0v) is 9.35. The van der Waals surface area contributed by atoms with Gasteiger partial charge in [0.1, 0.15) is 0 Å². The van der Waals surface area contributed by atoms with Gasteiger partial charge in [0.25, 0.3) is 0 Å². The number of hydrogen-bond acceptors (Lipinski definition) is 1. The Bertz CT molecular complexity index is 312. The Morgan fingerprint density at radius 2 is 2.31 bits per heavy atom. The summed E-state index contributed by atoms with van der Waals surface area (Å²) in [5.74, 6) is 0. The first-order valence-corrected chi connectivity index (χ1v) is 5.06. The van der Waals surface area contributed by atoms with Crippen molar-refractivity contribution in [2.45, 2.75) is 12.5 Å². The Labute approximate surface area is 91.2 Å². The summed E-state index contributed by atoms with van der Waals surface area (Å²) < 4.78 is 0.801. The van der Waals surface area contributed by atoms with Crippen LogP contribution in [0.15, 0.2) is 35.3 Å². The molecule has 1 aromatic rings. The van der Waals surface area contributed by atoms with Crippen molar-refractivity contribution >= 4 is 27.5 Å². The van der Waals surface area contributed by atoms with Gasteiger partial charge in [-0.3, -0.25) is 0 Å². The fraction of sp³-hybridized carbons (Fsp3) is 0.200. The van der Waals surface area contributed by atoms with Crippen molar-refractivity contribution in [1.82, 2.24) is 0 Å². The van der Waals surface area contributed by atoms with Crippen molar-refractivity contribution in [2.24, 2.45) is 0 Å². The van der Waals surface area contributed by atoms with E-state index in [4.69, 9.17) is 11.6 Å². The van der Waals surface area contributed by atoms with E-state index in [0.717, 1.165) is 10.0 Å². The van der Waals surface area contributed by atoms with Crippen LogP contribution in [0.25, 0.3) is 0 Å². The van der Waals surface area contributed by atoms with Crippen LogP contribution >= 0.6 is 27.5 Å². The highest BCUT2D eigenvalue weighted by Gasteiger charge is 2.06. The summed E-state index contributed by atoms with van der Waals surface area (Å²) in [5.41, 5.74) is 0.844. The van der Waals surface area contributed by atoms with E-state index >= 15 is 0 Å². The Hall–Kier alpha value is -0.310. The monoisotopic (exact) mass is 260 g/mol. The van der Waals surface area contributed by atoms with Gasteiger partial charge in [0.05, 0.1) is 11.1 Å². The van der Waals surface area contributed by atoms with Crippen LogP contribution in [-0.2, 0) is 0 Å². The average molecular weight is 262 g/mol. The van der Waals surface area contributed by atoms with Gasteiger partial charge in [-0.25, -0.2) is 0 Å². The van der Waals surface area contributed by atoms with E-state index in [1.807, 2.05) is 6.07 Å². The molecule has 1 atom stereocenters.